The van der Waals surface area contributed by atoms with Crippen molar-refractivity contribution in [3.05, 3.63) is 0 Å². The van der Waals surface area contributed by atoms with Gasteiger partial charge in [0.2, 0.25) is 0 Å². The molecule has 29 heavy (non-hydrogen) atoms. The number of rotatable bonds is 4. The smallest absolute Gasteiger partial charge is 0.0472 e. The minimum Gasteiger partial charge on any atom is -0.313 e. The van der Waals surface area contributed by atoms with Crippen LogP contribution in [0, 0.1) is 22.7 Å². The Kier molecular flexibility index (Phi) is 6.22. The van der Waals surface area contributed by atoms with Crippen LogP contribution in [-0.2, 0) is 0 Å². The van der Waals surface area contributed by atoms with Gasteiger partial charge >= 0.3 is 0 Å². The van der Waals surface area contributed by atoms with Crippen molar-refractivity contribution in [3.63, 3.8) is 0 Å². The normalized spacial score (nSPS) is 38.7. The third kappa shape index (κ3) is 4.56. The first kappa shape index (κ1) is 25.1. The predicted molar refractivity (Wildman–Crippen MR) is 121 cm³/mol. The molecule has 2 saturated heterocycles. The summed E-state index contributed by atoms with van der Waals surface area (Å²) < 4.78 is 0. The third-order valence-electron chi connectivity index (χ3n) is 8.33. The van der Waals surface area contributed by atoms with Crippen LogP contribution in [0.4, 0.5) is 0 Å². The zero-order valence-electron chi connectivity index (χ0n) is 21.5. The molecule has 0 aromatic rings. The van der Waals surface area contributed by atoms with E-state index in [1.165, 1.54) is 0 Å². The molecule has 4 atom stereocenters. The molecule has 4 unspecified atom stereocenters. The second-order valence-electron chi connectivity index (χ2n) is 14.2. The lowest BCUT2D eigenvalue weighted by molar-refractivity contribution is -0.223. The Labute approximate surface area is 181 Å². The summed E-state index contributed by atoms with van der Waals surface area (Å²) in [6.45, 7) is 26.9. The molecule has 0 spiro atoms. The molecule has 4 heteroatoms. The monoisotopic (exact) mass is 410 g/mol. The largest absolute Gasteiger partial charge is 0.313 e. The van der Waals surface area contributed by atoms with E-state index in [2.05, 4.69) is 83.1 Å². The third-order valence-corrected chi connectivity index (χ3v) is 8.33. The summed E-state index contributed by atoms with van der Waals surface area (Å²) in [5.41, 5.74) is -0.658. The number of hydrogen-bond donors (Lipinski definition) is 2. The van der Waals surface area contributed by atoms with Gasteiger partial charge in [0.05, 0.1) is 0 Å². The fourth-order valence-corrected chi connectivity index (χ4v) is 6.69. The Balaban J connectivity index is 2.26. The molecule has 2 fully saturated rings. The van der Waals surface area contributed by atoms with Crippen LogP contribution in [0.1, 0.15) is 115 Å². The van der Waals surface area contributed by atoms with Crippen molar-refractivity contribution in [1.29, 1.82) is 0 Å². The van der Waals surface area contributed by atoms with E-state index in [0.717, 1.165) is 32.1 Å². The summed E-state index contributed by atoms with van der Waals surface area (Å²) in [5, 5.41) is 25.8. The summed E-state index contributed by atoms with van der Waals surface area (Å²) in [4.78, 5) is 0. The molecule has 2 aliphatic rings. The van der Waals surface area contributed by atoms with Crippen molar-refractivity contribution in [2.45, 2.75) is 137 Å². The Hall–Kier alpha value is -0.160. The van der Waals surface area contributed by atoms with Crippen LogP contribution in [0.2, 0.25) is 0 Å². The van der Waals surface area contributed by atoms with Crippen LogP contribution >= 0.6 is 0 Å². The summed E-state index contributed by atoms with van der Waals surface area (Å²) in [7, 11) is 0. The summed E-state index contributed by atoms with van der Waals surface area (Å²) in [5.74, 6) is 0.847. The Bertz CT molecular complexity index is 601. The lowest BCUT2D eigenvalue weighted by Crippen LogP contribution is -2.54. The molecule has 172 valence electrons. The van der Waals surface area contributed by atoms with E-state index in [1.807, 2.05) is 0 Å². The van der Waals surface area contributed by atoms with E-state index in [-0.39, 0.29) is 33.0 Å². The highest BCUT2D eigenvalue weighted by Crippen LogP contribution is 2.55. The SMILES string of the molecule is CC(C)(C)CC1CC(C)(CCC2(C)C(C(C)(C)C)CC(C)(C)N2O)N(O)C1(C)C. The lowest BCUT2D eigenvalue weighted by atomic mass is 9.67. The van der Waals surface area contributed by atoms with Crippen LogP contribution in [0.3, 0.4) is 0 Å². The van der Waals surface area contributed by atoms with E-state index in [1.54, 1.807) is 10.1 Å². The number of hydroxylamine groups is 4. The van der Waals surface area contributed by atoms with Gasteiger partial charge in [0.1, 0.15) is 0 Å². The minimum atomic E-state index is -0.294. The van der Waals surface area contributed by atoms with Gasteiger partial charge in [-0.1, -0.05) is 41.5 Å². The van der Waals surface area contributed by atoms with Gasteiger partial charge in [-0.25, -0.2) is 0 Å². The first-order valence-corrected chi connectivity index (χ1v) is 11.7. The second-order valence-corrected chi connectivity index (χ2v) is 14.2. The van der Waals surface area contributed by atoms with E-state index < -0.39 is 0 Å². The van der Waals surface area contributed by atoms with Gasteiger partial charge in [0, 0.05) is 22.2 Å². The molecule has 2 heterocycles. The van der Waals surface area contributed by atoms with Gasteiger partial charge in [-0.3, -0.25) is 0 Å². The van der Waals surface area contributed by atoms with Crippen LogP contribution in [-0.4, -0.2) is 42.7 Å². The van der Waals surface area contributed by atoms with Crippen LogP contribution in [0.5, 0.6) is 0 Å². The van der Waals surface area contributed by atoms with Crippen molar-refractivity contribution >= 4 is 0 Å². The first-order valence-electron chi connectivity index (χ1n) is 11.7. The minimum absolute atomic E-state index is 0.118. The zero-order chi connectivity index (χ0) is 22.8. The number of hydrogen-bond acceptors (Lipinski definition) is 4. The maximum atomic E-state index is 11.3. The molecule has 4 nitrogen and oxygen atoms in total. The molecular weight excluding hydrogens is 360 g/mol. The highest BCUT2D eigenvalue weighted by atomic mass is 16.5. The van der Waals surface area contributed by atoms with Crippen LogP contribution in [0.25, 0.3) is 0 Å². The van der Waals surface area contributed by atoms with E-state index in [9.17, 15) is 10.4 Å². The van der Waals surface area contributed by atoms with Gasteiger partial charge in [0.15, 0.2) is 0 Å². The Morgan fingerprint density at radius 1 is 0.793 bits per heavy atom. The molecule has 2 aliphatic heterocycles. The van der Waals surface area contributed by atoms with Crippen molar-refractivity contribution < 1.29 is 10.4 Å². The summed E-state index contributed by atoms with van der Waals surface area (Å²) >= 11 is 0. The molecule has 0 aromatic carbocycles. The Morgan fingerprint density at radius 2 is 1.31 bits per heavy atom. The van der Waals surface area contributed by atoms with Crippen LogP contribution < -0.4 is 0 Å². The molecule has 0 saturated carbocycles. The molecule has 0 bridgehead atoms. The topological polar surface area (TPSA) is 46.9 Å². The van der Waals surface area contributed by atoms with Crippen molar-refractivity contribution in [2.75, 3.05) is 0 Å². The highest BCUT2D eigenvalue weighted by molar-refractivity contribution is 5.10. The summed E-state index contributed by atoms with van der Waals surface area (Å²) in [6.07, 6.45) is 4.85. The van der Waals surface area contributed by atoms with Crippen molar-refractivity contribution in [3.8, 4) is 0 Å². The van der Waals surface area contributed by atoms with Crippen LogP contribution in [0.15, 0.2) is 0 Å². The molecule has 2 rings (SSSR count). The van der Waals surface area contributed by atoms with Crippen molar-refractivity contribution in [2.24, 2.45) is 22.7 Å². The zero-order valence-corrected chi connectivity index (χ0v) is 21.5. The fraction of sp³-hybridized carbons (Fsp3) is 1.00. The van der Waals surface area contributed by atoms with Gasteiger partial charge in [0.25, 0.3) is 0 Å². The van der Waals surface area contributed by atoms with Gasteiger partial charge in [-0.05, 0) is 96.3 Å². The maximum Gasteiger partial charge on any atom is 0.0472 e. The molecule has 2 N–H and O–H groups in total. The summed E-state index contributed by atoms with van der Waals surface area (Å²) in [6, 6.07) is 0. The van der Waals surface area contributed by atoms with Gasteiger partial charge in [-0.2, -0.15) is 10.1 Å². The average Bonchev–Trinajstić information content (AvgIpc) is 2.80. The molecule has 0 radical (unpaired) electrons. The standard InChI is InChI=1S/C25H50N2O2/c1-20(2,3)15-18-16-24(11,27(29)23(18,9)10)13-14-25(12)19(21(4,5)6)17-22(7,8)26(25)28/h18-19,28-29H,13-17H2,1-12H3. The molecular formula is C25H50N2O2. The predicted octanol–water partition coefficient (Wildman–Crippen LogP) is 6.75. The van der Waals surface area contributed by atoms with Gasteiger partial charge in [-0.15, -0.1) is 0 Å². The Morgan fingerprint density at radius 3 is 1.76 bits per heavy atom. The van der Waals surface area contributed by atoms with E-state index >= 15 is 0 Å². The average molecular weight is 411 g/mol. The quantitative estimate of drug-likeness (QED) is 0.538. The number of nitrogens with zero attached hydrogens (tertiary/aromatic N) is 2. The molecule has 0 amide bonds. The van der Waals surface area contributed by atoms with E-state index in [0.29, 0.717) is 11.8 Å². The highest BCUT2D eigenvalue weighted by Gasteiger charge is 2.59. The maximum absolute atomic E-state index is 11.3. The fourth-order valence-electron chi connectivity index (χ4n) is 6.69. The lowest BCUT2D eigenvalue weighted by Gasteiger charge is -2.46. The van der Waals surface area contributed by atoms with Gasteiger partial charge < -0.3 is 10.4 Å². The molecule has 0 aromatic heterocycles. The second kappa shape index (κ2) is 7.18. The molecule has 0 aliphatic carbocycles. The first-order chi connectivity index (χ1) is 12.7. The van der Waals surface area contributed by atoms with E-state index in [4.69, 9.17) is 0 Å². The van der Waals surface area contributed by atoms with Crippen molar-refractivity contribution in [1.82, 2.24) is 10.1 Å².